The first-order valence-corrected chi connectivity index (χ1v) is 14.8. The van der Waals surface area contributed by atoms with Gasteiger partial charge in [0.25, 0.3) is 10.0 Å². The average molecular weight is 645 g/mol. The number of rotatable bonds is 4. The molecule has 216 valence electrons. The Morgan fingerprint density at radius 2 is 1.44 bits per heavy atom. The fraction of sp³-hybridized carbons (Fsp3) is 0.321. The third-order valence-electron chi connectivity index (χ3n) is 5.38. The summed E-state index contributed by atoms with van der Waals surface area (Å²) < 4.78 is 40.4. The van der Waals surface area contributed by atoms with Crippen molar-refractivity contribution in [2.24, 2.45) is 0 Å². The van der Waals surface area contributed by atoms with Crippen LogP contribution in [0.25, 0.3) is 22.6 Å². The van der Waals surface area contributed by atoms with Crippen LogP contribution in [0.4, 0.5) is 15.4 Å². The van der Waals surface area contributed by atoms with E-state index < -0.39 is 33.4 Å². The van der Waals surface area contributed by atoms with E-state index >= 15 is 0 Å². The number of imide groups is 1. The minimum absolute atomic E-state index is 0.00755. The minimum atomic E-state index is -4.25. The monoisotopic (exact) mass is 643 g/mol. The Balaban J connectivity index is 2.03. The first kappa shape index (κ1) is 30.1. The number of anilines is 1. The maximum absolute atomic E-state index is 14.1. The molecule has 0 atom stereocenters. The maximum Gasteiger partial charge on any atom is 0.425 e. The van der Waals surface area contributed by atoms with Crippen LogP contribution in [0, 0.1) is 6.92 Å². The lowest BCUT2D eigenvalue weighted by atomic mass is 10.2. The van der Waals surface area contributed by atoms with E-state index in [0.29, 0.717) is 10.4 Å². The molecule has 2 aromatic heterocycles. The highest BCUT2D eigenvalue weighted by molar-refractivity contribution is 9.10. The number of carbonyl (C=O) groups is 2. The molecule has 0 saturated carbocycles. The molecule has 0 bridgehead atoms. The lowest BCUT2D eigenvalue weighted by Gasteiger charge is -2.28. The second-order valence-electron chi connectivity index (χ2n) is 11.2. The van der Waals surface area contributed by atoms with Crippen molar-refractivity contribution in [1.29, 1.82) is 0 Å². The number of hydrogen-bond donors (Lipinski definition) is 0. The molecule has 0 radical (unpaired) electrons. The van der Waals surface area contributed by atoms with Crippen molar-refractivity contribution in [2.75, 3.05) is 4.90 Å². The van der Waals surface area contributed by atoms with E-state index in [-0.39, 0.29) is 32.4 Å². The normalized spacial score (nSPS) is 12.3. The van der Waals surface area contributed by atoms with E-state index in [1.807, 2.05) is 6.92 Å². The third kappa shape index (κ3) is 6.57. The molecule has 13 heteroatoms. The van der Waals surface area contributed by atoms with Crippen molar-refractivity contribution < 1.29 is 27.5 Å². The van der Waals surface area contributed by atoms with Crippen molar-refractivity contribution in [3.05, 3.63) is 64.9 Å². The molecular formula is C28H30BrN5O6S. The molecule has 0 aliphatic heterocycles. The number of fused-ring (bicyclic) bond motifs is 1. The van der Waals surface area contributed by atoms with Gasteiger partial charge in [-0.15, -0.1) is 0 Å². The van der Waals surface area contributed by atoms with Crippen LogP contribution in [0.1, 0.15) is 47.1 Å². The molecule has 0 N–H and O–H groups in total. The Bertz CT molecular complexity index is 1710. The molecule has 0 aliphatic carbocycles. The highest BCUT2D eigenvalue weighted by atomic mass is 79.9. The summed E-state index contributed by atoms with van der Waals surface area (Å²) >= 11 is 3.28. The van der Waals surface area contributed by atoms with E-state index in [1.54, 1.807) is 77.9 Å². The molecule has 4 aromatic rings. The first-order chi connectivity index (χ1) is 19.0. The predicted octanol–water partition coefficient (Wildman–Crippen LogP) is 6.48. The van der Waals surface area contributed by atoms with Gasteiger partial charge >= 0.3 is 12.2 Å². The van der Waals surface area contributed by atoms with Crippen molar-refractivity contribution in [1.82, 2.24) is 18.9 Å². The second-order valence-corrected chi connectivity index (χ2v) is 13.8. The fourth-order valence-corrected chi connectivity index (χ4v) is 5.49. The molecule has 11 nitrogen and oxygen atoms in total. The van der Waals surface area contributed by atoms with Gasteiger partial charge in [-0.2, -0.15) is 4.90 Å². The standard InChI is InChI=1S/C28H30BrN5O6S/c1-17-12-14-18(15-13-17)41(37,38)34-20-11-9-8-10-19(20)31-24(34)22-23(30-16-21(29)32-22)33(25(35)39-27(2,3)4)26(36)40-28(5,6)7/h8-16H,1-7H3. The summed E-state index contributed by atoms with van der Waals surface area (Å²) in [5.74, 6) is -0.500. The summed E-state index contributed by atoms with van der Waals surface area (Å²) in [5.41, 5.74) is -0.665. The molecule has 2 heterocycles. The molecule has 0 aliphatic rings. The fourth-order valence-electron chi connectivity index (χ4n) is 3.75. The molecule has 2 amide bonds. The van der Waals surface area contributed by atoms with Gasteiger partial charge < -0.3 is 9.47 Å². The molecular weight excluding hydrogens is 614 g/mol. The summed E-state index contributed by atoms with van der Waals surface area (Å²) in [6, 6.07) is 13.0. The highest BCUT2D eigenvalue weighted by Gasteiger charge is 2.38. The smallest absolute Gasteiger partial charge is 0.425 e. The van der Waals surface area contributed by atoms with Crippen molar-refractivity contribution >= 4 is 55.0 Å². The number of carbonyl (C=O) groups excluding carboxylic acids is 2. The average Bonchev–Trinajstić information content (AvgIpc) is 3.23. The summed E-state index contributed by atoms with van der Waals surface area (Å²) in [6.45, 7) is 11.7. The highest BCUT2D eigenvalue weighted by Crippen LogP contribution is 2.35. The number of hydrogen-bond acceptors (Lipinski definition) is 9. The number of ether oxygens (including phenoxy) is 2. The zero-order valence-corrected chi connectivity index (χ0v) is 26.1. The summed E-state index contributed by atoms with van der Waals surface area (Å²) in [5, 5.41) is 0. The predicted molar refractivity (Wildman–Crippen MR) is 157 cm³/mol. The molecule has 0 fully saturated rings. The van der Waals surface area contributed by atoms with Crippen LogP contribution in [0.3, 0.4) is 0 Å². The van der Waals surface area contributed by atoms with E-state index in [9.17, 15) is 18.0 Å². The van der Waals surface area contributed by atoms with E-state index in [1.165, 1.54) is 18.3 Å². The van der Waals surface area contributed by atoms with E-state index in [2.05, 4.69) is 30.9 Å². The number of para-hydroxylation sites is 2. The van der Waals surface area contributed by atoms with Gasteiger partial charge in [-0.25, -0.2) is 36.9 Å². The maximum atomic E-state index is 14.1. The van der Waals surface area contributed by atoms with E-state index in [0.717, 1.165) is 9.54 Å². The Morgan fingerprint density at radius 3 is 2.00 bits per heavy atom. The number of benzene rings is 2. The lowest BCUT2D eigenvalue weighted by molar-refractivity contribution is 0.0429. The molecule has 4 rings (SSSR count). The van der Waals surface area contributed by atoms with Gasteiger partial charge in [0.15, 0.2) is 17.3 Å². The van der Waals surface area contributed by atoms with Crippen molar-refractivity contribution in [3.8, 4) is 11.5 Å². The Hall–Kier alpha value is -3.84. The van der Waals surface area contributed by atoms with Gasteiger partial charge in [0.05, 0.1) is 22.1 Å². The Labute approximate surface area is 246 Å². The molecule has 41 heavy (non-hydrogen) atoms. The Kier molecular flexibility index (Phi) is 7.98. The van der Waals surface area contributed by atoms with Gasteiger partial charge in [-0.1, -0.05) is 29.8 Å². The SMILES string of the molecule is Cc1ccc(S(=O)(=O)n2c(-c3nc(Br)cnc3N(C(=O)OC(C)(C)C)C(=O)OC(C)(C)C)nc3ccccc32)cc1. The number of aryl methyl sites for hydroxylation is 1. The second kappa shape index (κ2) is 10.9. The largest absolute Gasteiger partial charge is 0.443 e. The molecule has 0 unspecified atom stereocenters. The summed E-state index contributed by atoms with van der Waals surface area (Å²) in [4.78, 5) is 40.8. The number of imidazole rings is 1. The Morgan fingerprint density at radius 1 is 0.878 bits per heavy atom. The lowest BCUT2D eigenvalue weighted by Crippen LogP contribution is -2.44. The van der Waals surface area contributed by atoms with Crippen LogP contribution in [0.2, 0.25) is 0 Å². The molecule has 0 spiro atoms. The first-order valence-electron chi connectivity index (χ1n) is 12.6. The molecule has 0 saturated heterocycles. The minimum Gasteiger partial charge on any atom is -0.443 e. The number of halogens is 1. The quantitative estimate of drug-likeness (QED) is 0.245. The van der Waals surface area contributed by atoms with Gasteiger partial charge in [-0.05, 0) is 88.7 Å². The van der Waals surface area contributed by atoms with Crippen LogP contribution < -0.4 is 4.90 Å². The van der Waals surface area contributed by atoms with Crippen LogP contribution in [0.5, 0.6) is 0 Å². The van der Waals surface area contributed by atoms with Crippen molar-refractivity contribution in [3.63, 3.8) is 0 Å². The summed E-state index contributed by atoms with van der Waals surface area (Å²) in [7, 11) is -4.25. The topological polar surface area (TPSA) is 134 Å². The summed E-state index contributed by atoms with van der Waals surface area (Å²) in [6.07, 6.45) is -0.912. The number of nitrogens with zero attached hydrogens (tertiary/aromatic N) is 5. The van der Waals surface area contributed by atoms with Gasteiger partial charge in [0.2, 0.25) is 0 Å². The van der Waals surface area contributed by atoms with Crippen LogP contribution >= 0.6 is 15.9 Å². The molecule has 2 aromatic carbocycles. The van der Waals surface area contributed by atoms with Gasteiger partial charge in [0.1, 0.15) is 15.8 Å². The zero-order valence-electron chi connectivity index (χ0n) is 23.7. The zero-order chi connectivity index (χ0) is 30.3. The van der Waals surface area contributed by atoms with Crippen LogP contribution in [0.15, 0.2) is 64.2 Å². The third-order valence-corrected chi connectivity index (χ3v) is 7.48. The number of aromatic nitrogens is 4. The van der Waals surface area contributed by atoms with Gasteiger partial charge in [-0.3, -0.25) is 0 Å². The van der Waals surface area contributed by atoms with Gasteiger partial charge in [0, 0.05) is 0 Å². The van der Waals surface area contributed by atoms with Crippen LogP contribution in [-0.4, -0.2) is 50.7 Å². The van der Waals surface area contributed by atoms with Crippen LogP contribution in [-0.2, 0) is 19.5 Å². The van der Waals surface area contributed by atoms with E-state index in [4.69, 9.17) is 9.47 Å². The number of amides is 2. The van der Waals surface area contributed by atoms with Crippen molar-refractivity contribution in [2.45, 2.75) is 64.6 Å².